The molecule has 132 valence electrons. The fourth-order valence-corrected chi connectivity index (χ4v) is 4.18. The van der Waals surface area contributed by atoms with Gasteiger partial charge in [-0.3, -0.25) is 4.72 Å². The quantitative estimate of drug-likeness (QED) is 0.739. The zero-order valence-electron chi connectivity index (χ0n) is 13.9. The topological polar surface area (TPSA) is 92.2 Å². The Morgan fingerprint density at radius 1 is 0.962 bits per heavy atom. The van der Waals surface area contributed by atoms with Gasteiger partial charge in [0.05, 0.1) is 23.0 Å². The van der Waals surface area contributed by atoms with Crippen LogP contribution < -0.4 is 4.72 Å². The lowest BCUT2D eigenvalue weighted by Crippen LogP contribution is -2.13. The zero-order chi connectivity index (χ0) is 18.1. The average molecular weight is 367 g/mol. The standard InChI is InChI=1S/C19H17N3O3S/c23-17-6-2-5-15(9-17)19-20-11-16(12-21-19)22-26(24,25)18-8-7-13-3-1-4-14(13)10-18/h2,5-12,22-23H,1,3-4H2. The van der Waals surface area contributed by atoms with Crippen molar-refractivity contribution in [2.24, 2.45) is 0 Å². The number of fused-ring (bicyclic) bond motifs is 1. The van der Waals surface area contributed by atoms with Gasteiger partial charge >= 0.3 is 0 Å². The van der Waals surface area contributed by atoms with Gasteiger partial charge in [0, 0.05) is 5.56 Å². The molecule has 0 radical (unpaired) electrons. The molecule has 0 fully saturated rings. The molecule has 2 aromatic carbocycles. The average Bonchev–Trinajstić information content (AvgIpc) is 3.10. The number of hydrogen-bond donors (Lipinski definition) is 2. The van der Waals surface area contributed by atoms with Crippen molar-refractivity contribution in [1.29, 1.82) is 0 Å². The molecular formula is C19H17N3O3S. The van der Waals surface area contributed by atoms with E-state index in [9.17, 15) is 13.5 Å². The van der Waals surface area contributed by atoms with Crippen molar-refractivity contribution in [2.75, 3.05) is 4.72 Å². The Balaban J connectivity index is 1.57. The van der Waals surface area contributed by atoms with Crippen molar-refractivity contribution in [3.05, 3.63) is 66.0 Å². The Hall–Kier alpha value is -2.93. The Bertz CT molecular complexity index is 1060. The molecule has 0 unspecified atom stereocenters. The van der Waals surface area contributed by atoms with Gasteiger partial charge in [-0.2, -0.15) is 0 Å². The van der Waals surface area contributed by atoms with E-state index >= 15 is 0 Å². The second kappa shape index (κ2) is 6.42. The van der Waals surface area contributed by atoms with Crippen LogP contribution in [0.3, 0.4) is 0 Å². The molecular weight excluding hydrogens is 350 g/mol. The number of nitrogens with zero attached hydrogens (tertiary/aromatic N) is 2. The number of phenolic OH excluding ortho intramolecular Hbond substituents is 1. The van der Waals surface area contributed by atoms with Crippen LogP contribution in [0.4, 0.5) is 5.69 Å². The maximum atomic E-state index is 12.6. The van der Waals surface area contributed by atoms with Gasteiger partial charge in [0.15, 0.2) is 5.82 Å². The van der Waals surface area contributed by atoms with E-state index in [-0.39, 0.29) is 16.3 Å². The Morgan fingerprint density at radius 2 is 1.73 bits per heavy atom. The largest absolute Gasteiger partial charge is 0.508 e. The normalized spacial score (nSPS) is 13.4. The van der Waals surface area contributed by atoms with E-state index in [1.54, 1.807) is 36.4 Å². The fourth-order valence-electron chi connectivity index (χ4n) is 3.10. The molecule has 7 heteroatoms. The fraction of sp³-hybridized carbons (Fsp3) is 0.158. The first-order chi connectivity index (χ1) is 12.5. The number of rotatable bonds is 4. The van der Waals surface area contributed by atoms with Gasteiger partial charge in [0.25, 0.3) is 10.0 Å². The summed E-state index contributed by atoms with van der Waals surface area (Å²) < 4.78 is 27.7. The Labute approximate surface area is 151 Å². The molecule has 0 aliphatic heterocycles. The minimum Gasteiger partial charge on any atom is -0.508 e. The first-order valence-corrected chi connectivity index (χ1v) is 9.76. The molecule has 1 aliphatic carbocycles. The molecule has 1 heterocycles. The maximum Gasteiger partial charge on any atom is 0.262 e. The highest BCUT2D eigenvalue weighted by Gasteiger charge is 2.19. The molecule has 0 bridgehead atoms. The summed E-state index contributed by atoms with van der Waals surface area (Å²) in [6.45, 7) is 0. The molecule has 4 rings (SSSR count). The maximum absolute atomic E-state index is 12.6. The summed E-state index contributed by atoms with van der Waals surface area (Å²) in [6, 6.07) is 11.8. The van der Waals surface area contributed by atoms with Crippen molar-refractivity contribution in [1.82, 2.24) is 9.97 Å². The highest BCUT2D eigenvalue weighted by molar-refractivity contribution is 7.92. The van der Waals surface area contributed by atoms with Crippen LogP contribution in [0.5, 0.6) is 5.75 Å². The SMILES string of the molecule is O=S(=O)(Nc1cnc(-c2cccc(O)c2)nc1)c1ccc2c(c1)CCC2. The molecule has 2 N–H and O–H groups in total. The molecule has 0 spiro atoms. The van der Waals surface area contributed by atoms with E-state index in [0.29, 0.717) is 11.4 Å². The lowest BCUT2D eigenvalue weighted by Gasteiger charge is -2.09. The molecule has 6 nitrogen and oxygen atoms in total. The highest BCUT2D eigenvalue weighted by atomic mass is 32.2. The smallest absolute Gasteiger partial charge is 0.262 e. The molecule has 0 atom stereocenters. The van der Waals surface area contributed by atoms with Gasteiger partial charge in [-0.25, -0.2) is 18.4 Å². The van der Waals surface area contributed by atoms with Crippen LogP contribution in [-0.2, 0) is 22.9 Å². The van der Waals surface area contributed by atoms with E-state index in [1.165, 1.54) is 18.0 Å². The van der Waals surface area contributed by atoms with Crippen LogP contribution in [-0.4, -0.2) is 23.5 Å². The zero-order valence-corrected chi connectivity index (χ0v) is 14.7. The van der Waals surface area contributed by atoms with E-state index < -0.39 is 10.0 Å². The van der Waals surface area contributed by atoms with Crippen molar-refractivity contribution in [3.63, 3.8) is 0 Å². The predicted octanol–water partition coefficient (Wildman–Crippen LogP) is 3.14. The van der Waals surface area contributed by atoms with E-state index in [4.69, 9.17) is 0 Å². The molecule has 1 aliphatic rings. The summed E-state index contributed by atoms with van der Waals surface area (Å²) in [5.74, 6) is 0.522. The van der Waals surface area contributed by atoms with Crippen LogP contribution in [0.15, 0.2) is 59.8 Å². The summed E-state index contributed by atoms with van der Waals surface area (Å²) in [5, 5.41) is 9.53. The van der Waals surface area contributed by atoms with Gasteiger partial charge in [-0.15, -0.1) is 0 Å². The van der Waals surface area contributed by atoms with Crippen molar-refractivity contribution < 1.29 is 13.5 Å². The monoisotopic (exact) mass is 367 g/mol. The lowest BCUT2D eigenvalue weighted by atomic mass is 10.1. The van der Waals surface area contributed by atoms with Gasteiger partial charge in [-0.05, 0) is 54.7 Å². The number of aryl methyl sites for hydroxylation is 2. The van der Waals surface area contributed by atoms with Crippen LogP contribution in [0.25, 0.3) is 11.4 Å². The summed E-state index contributed by atoms with van der Waals surface area (Å²) >= 11 is 0. The van der Waals surface area contributed by atoms with Crippen LogP contribution in [0.1, 0.15) is 17.5 Å². The minimum atomic E-state index is -3.69. The second-order valence-corrected chi connectivity index (χ2v) is 7.92. The first kappa shape index (κ1) is 16.5. The summed E-state index contributed by atoms with van der Waals surface area (Å²) in [5.41, 5.74) is 3.26. The number of anilines is 1. The van der Waals surface area contributed by atoms with E-state index in [0.717, 1.165) is 24.8 Å². The minimum absolute atomic E-state index is 0.118. The van der Waals surface area contributed by atoms with Crippen LogP contribution in [0, 0.1) is 0 Å². The van der Waals surface area contributed by atoms with Gasteiger partial charge in [0.1, 0.15) is 5.75 Å². The molecule has 0 amide bonds. The third-order valence-corrected chi connectivity index (χ3v) is 5.77. The number of sulfonamides is 1. The second-order valence-electron chi connectivity index (χ2n) is 6.24. The van der Waals surface area contributed by atoms with Crippen molar-refractivity contribution >= 4 is 15.7 Å². The van der Waals surface area contributed by atoms with Crippen molar-refractivity contribution in [3.8, 4) is 17.1 Å². The van der Waals surface area contributed by atoms with Crippen LogP contribution >= 0.6 is 0 Å². The first-order valence-electron chi connectivity index (χ1n) is 8.27. The highest BCUT2D eigenvalue weighted by Crippen LogP contribution is 2.26. The van der Waals surface area contributed by atoms with Crippen molar-refractivity contribution in [2.45, 2.75) is 24.2 Å². The molecule has 26 heavy (non-hydrogen) atoms. The predicted molar refractivity (Wildman–Crippen MR) is 98.4 cm³/mol. The number of aromatic hydroxyl groups is 1. The lowest BCUT2D eigenvalue weighted by molar-refractivity contribution is 0.475. The Morgan fingerprint density at radius 3 is 2.50 bits per heavy atom. The third-order valence-electron chi connectivity index (χ3n) is 4.39. The van der Waals surface area contributed by atoms with E-state index in [2.05, 4.69) is 14.7 Å². The summed E-state index contributed by atoms with van der Waals surface area (Å²) in [4.78, 5) is 8.60. The number of phenols is 1. The van der Waals surface area contributed by atoms with Gasteiger partial charge < -0.3 is 5.11 Å². The van der Waals surface area contributed by atoms with Gasteiger partial charge in [-0.1, -0.05) is 18.2 Å². The molecule has 3 aromatic rings. The number of hydrogen-bond acceptors (Lipinski definition) is 5. The number of benzene rings is 2. The summed E-state index contributed by atoms with van der Waals surface area (Å²) in [6.07, 6.45) is 5.82. The molecule has 0 saturated carbocycles. The number of aromatic nitrogens is 2. The van der Waals surface area contributed by atoms with Gasteiger partial charge in [0.2, 0.25) is 0 Å². The third kappa shape index (κ3) is 3.25. The molecule has 1 aromatic heterocycles. The van der Waals surface area contributed by atoms with Crippen LogP contribution in [0.2, 0.25) is 0 Å². The van der Waals surface area contributed by atoms with E-state index in [1.807, 2.05) is 6.07 Å². The number of nitrogens with one attached hydrogen (secondary N) is 1. The Kier molecular flexibility index (Phi) is 4.08. The molecule has 0 saturated heterocycles. The summed E-state index contributed by atoms with van der Waals surface area (Å²) in [7, 11) is -3.69.